The minimum Gasteiger partial charge on any atom is -0.422 e. The Balaban J connectivity index is 1.47. The van der Waals surface area contributed by atoms with Gasteiger partial charge in [-0.15, -0.1) is 0 Å². The molecule has 3 saturated carbocycles. The van der Waals surface area contributed by atoms with Crippen LogP contribution in [0.25, 0.3) is 0 Å². The molecule has 0 amide bonds. The highest BCUT2D eigenvalue weighted by atomic mass is 16.6. The van der Waals surface area contributed by atoms with Crippen molar-refractivity contribution in [3.05, 3.63) is 58.6 Å². The average molecular weight is 523 g/mol. The van der Waals surface area contributed by atoms with E-state index in [2.05, 4.69) is 0 Å². The Morgan fingerprint density at radius 3 is 2.37 bits per heavy atom. The molecule has 0 radical (unpaired) electrons. The Morgan fingerprint density at radius 1 is 1.05 bits per heavy atom. The van der Waals surface area contributed by atoms with Gasteiger partial charge in [-0.2, -0.15) is 0 Å². The van der Waals surface area contributed by atoms with Gasteiger partial charge in [0.15, 0.2) is 11.5 Å². The normalized spacial score (nSPS) is 39.8. The highest BCUT2D eigenvalue weighted by Crippen LogP contribution is 2.68. The number of ketones is 2. The third-order valence-electron chi connectivity index (χ3n) is 10.3. The number of hydrogen-bond acceptors (Lipinski definition) is 9. The molecule has 1 aromatic rings. The fourth-order valence-corrected chi connectivity index (χ4v) is 8.43. The Hall–Kier alpha value is -3.14. The van der Waals surface area contributed by atoms with Gasteiger partial charge in [-0.1, -0.05) is 24.6 Å². The summed E-state index contributed by atoms with van der Waals surface area (Å²) in [5, 5.41) is 32.7. The monoisotopic (exact) mass is 522 g/mol. The summed E-state index contributed by atoms with van der Waals surface area (Å²) >= 11 is 0. The van der Waals surface area contributed by atoms with E-state index in [1.807, 2.05) is 0 Å². The summed E-state index contributed by atoms with van der Waals surface area (Å²) < 4.78 is 11.5. The molecule has 1 aliphatic heterocycles. The Kier molecular flexibility index (Phi) is 5.41. The van der Waals surface area contributed by atoms with E-state index in [9.17, 15) is 34.5 Å². The molecule has 1 heterocycles. The molecule has 3 N–H and O–H groups in total. The van der Waals surface area contributed by atoms with E-state index >= 15 is 0 Å². The molecule has 5 aliphatic rings. The molecule has 9 nitrogen and oxygen atoms in total. The number of rotatable bonds is 2. The zero-order chi connectivity index (χ0) is 27.2. The fraction of sp³-hybridized carbons (Fsp3) is 0.517. The van der Waals surface area contributed by atoms with Crippen molar-refractivity contribution in [3.63, 3.8) is 0 Å². The van der Waals surface area contributed by atoms with Crippen LogP contribution in [0, 0.1) is 28.6 Å². The summed E-state index contributed by atoms with van der Waals surface area (Å²) in [5.74, 6) is -4.19. The molecule has 200 valence electrons. The predicted octanol–water partition coefficient (Wildman–Crippen LogP) is 2.24. The van der Waals surface area contributed by atoms with E-state index in [1.54, 1.807) is 26.0 Å². The smallest absolute Gasteiger partial charge is 0.344 e. The lowest BCUT2D eigenvalue weighted by Gasteiger charge is -2.60. The number of carbonyl (C=O) groups is 4. The Bertz CT molecular complexity index is 1360. The zero-order valence-corrected chi connectivity index (χ0v) is 21.2. The van der Waals surface area contributed by atoms with Crippen LogP contribution in [0.5, 0.6) is 0 Å². The first-order chi connectivity index (χ1) is 18.0. The van der Waals surface area contributed by atoms with Crippen LogP contribution < -0.4 is 0 Å². The van der Waals surface area contributed by atoms with Gasteiger partial charge >= 0.3 is 11.9 Å². The molecular weight excluding hydrogens is 492 g/mol. The molecule has 6 rings (SSSR count). The minimum atomic E-state index is -1.76. The third kappa shape index (κ3) is 3.03. The fourth-order valence-electron chi connectivity index (χ4n) is 8.43. The van der Waals surface area contributed by atoms with Gasteiger partial charge in [0.05, 0.1) is 22.6 Å². The van der Waals surface area contributed by atoms with Gasteiger partial charge in [0, 0.05) is 11.3 Å². The van der Waals surface area contributed by atoms with Crippen molar-refractivity contribution in [1.29, 1.82) is 0 Å². The Labute approximate surface area is 219 Å². The van der Waals surface area contributed by atoms with Crippen molar-refractivity contribution in [2.24, 2.45) is 28.6 Å². The van der Waals surface area contributed by atoms with E-state index in [0.717, 1.165) is 0 Å². The second-order valence-electron chi connectivity index (χ2n) is 11.7. The highest BCUT2D eigenvalue weighted by Gasteiger charge is 2.69. The predicted molar refractivity (Wildman–Crippen MR) is 130 cm³/mol. The number of esters is 2. The molecule has 4 aliphatic carbocycles. The standard InChI is InChI=1S/C29H30O9/c1-27-12-20(32)22-17(18(27)9-10-29(27,36)21(33)13-30)8-7-14-11-19(31)23-24(28(14,22)2)38-26(35)16-6-4-3-5-15(16)25(34)37-23/h3-6,11,17-18,20,22,30,32,36H,7-10,12-13H2,1-2H3. The van der Waals surface area contributed by atoms with E-state index < -0.39 is 58.6 Å². The number of benzene rings is 1. The van der Waals surface area contributed by atoms with Gasteiger partial charge in [0.2, 0.25) is 11.5 Å². The highest BCUT2D eigenvalue weighted by molar-refractivity contribution is 6.11. The van der Waals surface area contributed by atoms with Crippen molar-refractivity contribution in [2.45, 2.75) is 57.7 Å². The summed E-state index contributed by atoms with van der Waals surface area (Å²) in [7, 11) is 0. The van der Waals surface area contributed by atoms with Crippen LogP contribution in [0.15, 0.2) is 47.4 Å². The van der Waals surface area contributed by atoms with Crippen molar-refractivity contribution in [2.75, 3.05) is 6.61 Å². The van der Waals surface area contributed by atoms with Crippen LogP contribution in [-0.2, 0) is 19.1 Å². The molecule has 0 saturated heterocycles. The molecule has 7 atom stereocenters. The minimum absolute atomic E-state index is 0.00874. The van der Waals surface area contributed by atoms with Crippen molar-refractivity contribution in [1.82, 2.24) is 0 Å². The quantitative estimate of drug-likeness (QED) is 0.498. The summed E-state index contributed by atoms with van der Waals surface area (Å²) in [6.07, 6.45) is 2.22. The van der Waals surface area contributed by atoms with Gasteiger partial charge in [-0.05, 0) is 69.1 Å². The van der Waals surface area contributed by atoms with E-state index in [1.165, 1.54) is 18.2 Å². The van der Waals surface area contributed by atoms with E-state index in [-0.39, 0.29) is 47.3 Å². The molecule has 1 aromatic carbocycles. The van der Waals surface area contributed by atoms with Crippen LogP contribution in [0.1, 0.15) is 66.7 Å². The molecular formula is C29H30O9. The van der Waals surface area contributed by atoms with E-state index in [0.29, 0.717) is 24.8 Å². The SMILES string of the molecule is CC12C(=CC(=O)C3=C1OC(=O)c1ccccc1C(=O)O3)CCC1C2C(O)CC2(C)C1CCC2(O)C(=O)CO. The molecule has 7 unspecified atom stereocenters. The summed E-state index contributed by atoms with van der Waals surface area (Å²) in [5.41, 5.74) is -3.17. The number of Topliss-reactive ketones (excluding diaryl/α,β-unsaturated/α-hetero) is 1. The van der Waals surface area contributed by atoms with Gasteiger partial charge in [0.1, 0.15) is 12.2 Å². The number of allylic oxidation sites excluding steroid dienone is 2. The molecule has 9 heteroatoms. The van der Waals surface area contributed by atoms with Gasteiger partial charge < -0.3 is 24.8 Å². The first-order valence-corrected chi connectivity index (χ1v) is 13.1. The lowest BCUT2D eigenvalue weighted by molar-refractivity contribution is -0.181. The molecule has 0 bridgehead atoms. The van der Waals surface area contributed by atoms with Crippen LogP contribution in [-0.4, -0.2) is 57.1 Å². The first kappa shape index (κ1) is 25.2. The Morgan fingerprint density at radius 2 is 1.71 bits per heavy atom. The number of hydrogen-bond donors (Lipinski definition) is 3. The van der Waals surface area contributed by atoms with Gasteiger partial charge in [-0.3, -0.25) is 9.59 Å². The second kappa shape index (κ2) is 8.18. The summed E-state index contributed by atoms with van der Waals surface area (Å²) in [6.45, 7) is 2.82. The third-order valence-corrected chi connectivity index (χ3v) is 10.3. The van der Waals surface area contributed by atoms with Gasteiger partial charge in [0.25, 0.3) is 0 Å². The molecule has 0 spiro atoms. The zero-order valence-electron chi connectivity index (χ0n) is 21.2. The first-order valence-electron chi connectivity index (χ1n) is 13.1. The van der Waals surface area contributed by atoms with Crippen LogP contribution >= 0.6 is 0 Å². The van der Waals surface area contributed by atoms with Crippen molar-refractivity contribution < 1.29 is 44.0 Å². The number of fused-ring (bicyclic) bond motifs is 7. The topological polar surface area (TPSA) is 147 Å². The molecule has 3 fully saturated rings. The summed E-state index contributed by atoms with van der Waals surface area (Å²) in [6, 6.07) is 6.06. The second-order valence-corrected chi connectivity index (χ2v) is 11.7. The van der Waals surface area contributed by atoms with Crippen LogP contribution in [0.3, 0.4) is 0 Å². The summed E-state index contributed by atoms with van der Waals surface area (Å²) in [4.78, 5) is 52.1. The lowest BCUT2D eigenvalue weighted by Crippen LogP contribution is -2.62. The largest absolute Gasteiger partial charge is 0.422 e. The number of aliphatic hydroxyl groups is 3. The maximum atomic E-state index is 13.3. The van der Waals surface area contributed by atoms with Crippen molar-refractivity contribution >= 4 is 23.5 Å². The average Bonchev–Trinajstić information content (AvgIpc) is 3.16. The van der Waals surface area contributed by atoms with E-state index in [4.69, 9.17) is 9.47 Å². The maximum absolute atomic E-state index is 13.3. The number of carbonyl (C=O) groups excluding carboxylic acids is 4. The number of aliphatic hydroxyl groups excluding tert-OH is 2. The molecule has 0 aromatic heterocycles. The lowest BCUT2D eigenvalue weighted by atomic mass is 9.45. The van der Waals surface area contributed by atoms with Crippen LogP contribution in [0.4, 0.5) is 0 Å². The van der Waals surface area contributed by atoms with Crippen molar-refractivity contribution in [3.8, 4) is 0 Å². The maximum Gasteiger partial charge on any atom is 0.344 e. The van der Waals surface area contributed by atoms with Gasteiger partial charge in [-0.25, -0.2) is 9.59 Å². The number of ether oxygens (including phenoxy) is 2. The van der Waals surface area contributed by atoms with Crippen LogP contribution in [0.2, 0.25) is 0 Å². The molecule has 38 heavy (non-hydrogen) atoms.